The molecule has 1 unspecified atom stereocenters. The van der Waals surface area contributed by atoms with Gasteiger partial charge in [-0.3, -0.25) is 4.90 Å². The first-order valence-electron chi connectivity index (χ1n) is 7.29. The van der Waals surface area contributed by atoms with E-state index in [0.29, 0.717) is 19.5 Å². The lowest BCUT2D eigenvalue weighted by atomic mass is 10.2. The first-order valence-corrected chi connectivity index (χ1v) is 10.6. The summed E-state index contributed by atoms with van der Waals surface area (Å²) < 4.78 is 50.1. The molecule has 1 aliphatic rings. The summed E-state index contributed by atoms with van der Waals surface area (Å²) in [5.41, 5.74) is 0. The average Bonchev–Trinajstić information content (AvgIpc) is 2.61. The Kier molecular flexibility index (Phi) is 5.60. The minimum absolute atomic E-state index is 0.138. The zero-order chi connectivity index (χ0) is 16.2. The average molecular weight is 346 g/mol. The van der Waals surface area contributed by atoms with E-state index < -0.39 is 19.9 Å². The number of sulfonamides is 1. The SMILES string of the molecule is CC1CCS(=O)(=O)CCN1CCNS(=O)(=O)c1ccccc1. The van der Waals surface area contributed by atoms with Crippen LogP contribution in [0.25, 0.3) is 0 Å². The van der Waals surface area contributed by atoms with Gasteiger partial charge in [0.25, 0.3) is 0 Å². The van der Waals surface area contributed by atoms with Crippen LogP contribution in [0.15, 0.2) is 35.2 Å². The van der Waals surface area contributed by atoms with Crippen molar-refractivity contribution in [2.24, 2.45) is 0 Å². The Labute approximate surface area is 132 Å². The summed E-state index contributed by atoms with van der Waals surface area (Å²) in [5.74, 6) is 0.350. The van der Waals surface area contributed by atoms with Gasteiger partial charge >= 0.3 is 0 Å². The van der Waals surface area contributed by atoms with E-state index in [0.717, 1.165) is 0 Å². The monoisotopic (exact) mass is 346 g/mol. The van der Waals surface area contributed by atoms with Gasteiger partial charge in [-0.25, -0.2) is 21.6 Å². The van der Waals surface area contributed by atoms with Crippen molar-refractivity contribution < 1.29 is 16.8 Å². The standard InChI is InChI=1S/C14H22N2O4S2/c1-13-7-11-21(17,18)12-10-16(13)9-8-15-22(19,20)14-5-3-2-4-6-14/h2-6,13,15H,7-12H2,1H3. The van der Waals surface area contributed by atoms with Gasteiger partial charge in [0.1, 0.15) is 0 Å². The van der Waals surface area contributed by atoms with E-state index in [1.165, 1.54) is 0 Å². The van der Waals surface area contributed by atoms with Crippen LogP contribution in [0.2, 0.25) is 0 Å². The molecule has 1 aromatic rings. The van der Waals surface area contributed by atoms with Gasteiger partial charge in [-0.05, 0) is 25.5 Å². The fourth-order valence-electron chi connectivity index (χ4n) is 2.45. The van der Waals surface area contributed by atoms with Gasteiger partial charge in [-0.2, -0.15) is 0 Å². The maximum Gasteiger partial charge on any atom is 0.240 e. The Bertz CT molecular complexity index is 687. The maximum atomic E-state index is 12.1. The quantitative estimate of drug-likeness (QED) is 0.838. The number of nitrogens with one attached hydrogen (secondary N) is 1. The van der Waals surface area contributed by atoms with Crippen LogP contribution < -0.4 is 4.72 Å². The van der Waals surface area contributed by atoms with Gasteiger partial charge in [-0.15, -0.1) is 0 Å². The van der Waals surface area contributed by atoms with Crippen molar-refractivity contribution in [3.05, 3.63) is 30.3 Å². The fraction of sp³-hybridized carbons (Fsp3) is 0.571. The molecule has 124 valence electrons. The zero-order valence-corrected chi connectivity index (χ0v) is 14.2. The predicted molar refractivity (Wildman–Crippen MR) is 85.9 cm³/mol. The lowest BCUT2D eigenvalue weighted by Gasteiger charge is -2.26. The summed E-state index contributed by atoms with van der Waals surface area (Å²) in [7, 11) is -6.47. The molecular weight excluding hydrogens is 324 g/mol. The van der Waals surface area contributed by atoms with Crippen molar-refractivity contribution in [1.82, 2.24) is 9.62 Å². The Morgan fingerprint density at radius 2 is 1.91 bits per heavy atom. The van der Waals surface area contributed by atoms with Crippen LogP contribution in [-0.4, -0.2) is 58.9 Å². The molecule has 0 bridgehead atoms. The molecule has 0 amide bonds. The molecule has 1 aliphatic heterocycles. The molecule has 1 saturated heterocycles. The van der Waals surface area contributed by atoms with Gasteiger partial charge in [0, 0.05) is 25.7 Å². The Hall–Kier alpha value is -0.960. The maximum absolute atomic E-state index is 12.1. The molecule has 22 heavy (non-hydrogen) atoms. The van der Waals surface area contributed by atoms with Crippen molar-refractivity contribution in [2.75, 3.05) is 31.1 Å². The number of nitrogens with zero attached hydrogens (tertiary/aromatic N) is 1. The number of benzene rings is 1. The van der Waals surface area contributed by atoms with Crippen LogP contribution in [0.3, 0.4) is 0 Å². The third-order valence-electron chi connectivity index (χ3n) is 3.90. The largest absolute Gasteiger partial charge is 0.298 e. The van der Waals surface area contributed by atoms with Gasteiger partial charge in [0.05, 0.1) is 16.4 Å². The smallest absolute Gasteiger partial charge is 0.240 e. The minimum Gasteiger partial charge on any atom is -0.298 e. The van der Waals surface area contributed by atoms with E-state index in [-0.39, 0.29) is 29.0 Å². The van der Waals surface area contributed by atoms with E-state index >= 15 is 0 Å². The molecule has 1 aromatic carbocycles. The summed E-state index contributed by atoms with van der Waals surface area (Å²) in [6.07, 6.45) is 0.591. The second-order valence-corrected chi connectivity index (χ2v) is 9.61. The second-order valence-electron chi connectivity index (χ2n) is 5.54. The summed E-state index contributed by atoms with van der Waals surface area (Å²) in [4.78, 5) is 2.26. The molecule has 1 heterocycles. The molecule has 8 heteroatoms. The summed E-state index contributed by atoms with van der Waals surface area (Å²) in [5, 5.41) is 0. The second kappa shape index (κ2) is 7.08. The molecule has 0 aromatic heterocycles. The summed E-state index contributed by atoms with van der Waals surface area (Å²) in [6.45, 7) is 3.20. The van der Waals surface area contributed by atoms with Crippen LogP contribution in [0.4, 0.5) is 0 Å². The number of rotatable bonds is 5. The van der Waals surface area contributed by atoms with Crippen LogP contribution in [-0.2, 0) is 19.9 Å². The fourth-order valence-corrected chi connectivity index (χ4v) is 4.91. The minimum atomic E-state index is -3.51. The number of hydrogen-bond donors (Lipinski definition) is 1. The summed E-state index contributed by atoms with van der Waals surface area (Å²) in [6, 6.07) is 8.34. The van der Waals surface area contributed by atoms with Crippen LogP contribution in [0, 0.1) is 0 Å². The molecule has 6 nitrogen and oxygen atoms in total. The van der Waals surface area contributed by atoms with Crippen molar-refractivity contribution in [1.29, 1.82) is 0 Å². The van der Waals surface area contributed by atoms with E-state index in [9.17, 15) is 16.8 Å². The number of hydrogen-bond acceptors (Lipinski definition) is 5. The Morgan fingerprint density at radius 1 is 1.23 bits per heavy atom. The molecule has 1 fully saturated rings. The lowest BCUT2D eigenvalue weighted by Crippen LogP contribution is -2.40. The molecule has 2 rings (SSSR count). The first kappa shape index (κ1) is 17.4. The topological polar surface area (TPSA) is 83.6 Å². The van der Waals surface area contributed by atoms with Gasteiger partial charge in [-0.1, -0.05) is 18.2 Å². The molecule has 0 saturated carbocycles. The molecule has 1 N–H and O–H groups in total. The van der Waals surface area contributed by atoms with Crippen LogP contribution in [0.1, 0.15) is 13.3 Å². The number of sulfone groups is 1. The van der Waals surface area contributed by atoms with Gasteiger partial charge < -0.3 is 0 Å². The highest BCUT2D eigenvalue weighted by Crippen LogP contribution is 2.12. The van der Waals surface area contributed by atoms with Crippen molar-refractivity contribution in [3.63, 3.8) is 0 Å². The first-order chi connectivity index (χ1) is 10.3. The molecule has 0 aliphatic carbocycles. The van der Waals surface area contributed by atoms with E-state index in [1.54, 1.807) is 30.3 Å². The van der Waals surface area contributed by atoms with Crippen LogP contribution in [0.5, 0.6) is 0 Å². The van der Waals surface area contributed by atoms with Crippen molar-refractivity contribution in [2.45, 2.75) is 24.3 Å². The van der Waals surface area contributed by atoms with Crippen LogP contribution >= 0.6 is 0 Å². The molecule has 0 spiro atoms. The lowest BCUT2D eigenvalue weighted by molar-refractivity contribution is 0.225. The highest BCUT2D eigenvalue weighted by atomic mass is 32.2. The normalized spacial score (nSPS) is 23.0. The summed E-state index contributed by atoms with van der Waals surface area (Å²) >= 11 is 0. The molecule has 1 atom stereocenters. The van der Waals surface area contributed by atoms with Gasteiger partial charge in [0.2, 0.25) is 10.0 Å². The highest BCUT2D eigenvalue weighted by Gasteiger charge is 2.24. The van der Waals surface area contributed by atoms with E-state index in [2.05, 4.69) is 4.72 Å². The van der Waals surface area contributed by atoms with Crippen molar-refractivity contribution in [3.8, 4) is 0 Å². The third kappa shape index (κ3) is 4.77. The Balaban J connectivity index is 1.90. The van der Waals surface area contributed by atoms with Crippen molar-refractivity contribution >= 4 is 19.9 Å². The van der Waals surface area contributed by atoms with Gasteiger partial charge in [0.15, 0.2) is 9.84 Å². The molecular formula is C14H22N2O4S2. The highest BCUT2D eigenvalue weighted by molar-refractivity contribution is 7.91. The Morgan fingerprint density at radius 3 is 2.59 bits per heavy atom. The van der Waals surface area contributed by atoms with E-state index in [1.807, 2.05) is 11.8 Å². The third-order valence-corrected chi connectivity index (χ3v) is 7.04. The predicted octanol–water partition coefficient (Wildman–Crippen LogP) is 0.474. The zero-order valence-electron chi connectivity index (χ0n) is 12.6. The molecule has 0 radical (unpaired) electrons. The van der Waals surface area contributed by atoms with E-state index in [4.69, 9.17) is 0 Å².